The summed E-state index contributed by atoms with van der Waals surface area (Å²) in [4.78, 5) is 30.7. The average molecular weight is 571 g/mol. The largest absolute Gasteiger partial charge is 0.507 e. The van der Waals surface area contributed by atoms with Crippen LogP contribution in [0, 0.1) is 6.92 Å². The molecule has 1 atom stereocenters. The van der Waals surface area contributed by atoms with Gasteiger partial charge in [-0.2, -0.15) is 0 Å². The quantitative estimate of drug-likeness (QED) is 0.206. The van der Waals surface area contributed by atoms with E-state index < -0.39 is 17.7 Å². The predicted octanol–water partition coefficient (Wildman–Crippen LogP) is 5.12. The van der Waals surface area contributed by atoms with E-state index in [1.54, 1.807) is 23.1 Å². The molecule has 220 valence electrons. The molecule has 0 radical (unpaired) electrons. The lowest BCUT2D eigenvalue weighted by molar-refractivity contribution is -0.140. The van der Waals surface area contributed by atoms with Crippen molar-refractivity contribution in [1.82, 2.24) is 9.80 Å². The summed E-state index contributed by atoms with van der Waals surface area (Å²) in [5.74, 6) is -0.130. The van der Waals surface area contributed by atoms with E-state index in [0.29, 0.717) is 50.0 Å². The Morgan fingerprint density at radius 1 is 0.976 bits per heavy atom. The number of benzene rings is 3. The molecular weight excluding hydrogens is 532 g/mol. The number of ketones is 1. The lowest BCUT2D eigenvalue weighted by Gasteiger charge is -2.31. The second-order valence-corrected chi connectivity index (χ2v) is 10.9. The van der Waals surface area contributed by atoms with Crippen molar-refractivity contribution in [1.29, 1.82) is 0 Å². The minimum Gasteiger partial charge on any atom is -0.507 e. The first-order valence-electron chi connectivity index (χ1n) is 14.4. The van der Waals surface area contributed by atoms with Gasteiger partial charge in [0.05, 0.1) is 30.9 Å². The van der Waals surface area contributed by atoms with Crippen LogP contribution in [0.25, 0.3) is 5.76 Å². The molecule has 2 saturated heterocycles. The van der Waals surface area contributed by atoms with Crippen LogP contribution < -0.4 is 9.47 Å². The first-order valence-corrected chi connectivity index (χ1v) is 14.4. The van der Waals surface area contributed by atoms with Gasteiger partial charge in [-0.15, -0.1) is 0 Å². The molecule has 0 spiro atoms. The first-order chi connectivity index (χ1) is 20.3. The fraction of sp³-hybridized carbons (Fsp3) is 0.353. The van der Waals surface area contributed by atoms with Gasteiger partial charge in [-0.1, -0.05) is 42.5 Å². The minimum atomic E-state index is -0.735. The Morgan fingerprint density at radius 2 is 1.69 bits per heavy atom. The summed E-state index contributed by atoms with van der Waals surface area (Å²) >= 11 is 0. The van der Waals surface area contributed by atoms with Crippen LogP contribution >= 0.6 is 0 Å². The highest BCUT2D eigenvalue weighted by molar-refractivity contribution is 6.46. The van der Waals surface area contributed by atoms with Crippen LogP contribution in [-0.2, 0) is 20.9 Å². The second-order valence-electron chi connectivity index (χ2n) is 10.9. The summed E-state index contributed by atoms with van der Waals surface area (Å²) in [5.41, 5.74) is 3.14. The van der Waals surface area contributed by atoms with E-state index in [0.717, 1.165) is 29.8 Å². The summed E-state index contributed by atoms with van der Waals surface area (Å²) < 4.78 is 17.3. The van der Waals surface area contributed by atoms with E-state index in [4.69, 9.17) is 14.2 Å². The molecule has 42 heavy (non-hydrogen) atoms. The normalized spacial score (nSPS) is 19.0. The van der Waals surface area contributed by atoms with Crippen LogP contribution in [0.4, 0.5) is 0 Å². The molecule has 8 heteroatoms. The number of ether oxygens (including phenoxy) is 3. The van der Waals surface area contributed by atoms with Crippen LogP contribution in [0.5, 0.6) is 11.5 Å². The summed E-state index contributed by atoms with van der Waals surface area (Å²) in [7, 11) is 0. The van der Waals surface area contributed by atoms with E-state index in [1.165, 1.54) is 0 Å². The summed E-state index contributed by atoms with van der Waals surface area (Å²) in [5, 5.41) is 11.5. The number of morpholine rings is 1. The van der Waals surface area contributed by atoms with Crippen molar-refractivity contribution >= 4 is 17.4 Å². The van der Waals surface area contributed by atoms with Gasteiger partial charge in [0, 0.05) is 31.7 Å². The Labute approximate surface area is 247 Å². The van der Waals surface area contributed by atoms with E-state index in [-0.39, 0.29) is 17.4 Å². The average Bonchev–Trinajstić information content (AvgIpc) is 3.25. The van der Waals surface area contributed by atoms with Gasteiger partial charge in [0.2, 0.25) is 0 Å². The molecule has 2 heterocycles. The smallest absolute Gasteiger partial charge is 0.295 e. The lowest BCUT2D eigenvalue weighted by atomic mass is 9.94. The third-order valence-corrected chi connectivity index (χ3v) is 7.56. The Morgan fingerprint density at radius 3 is 2.36 bits per heavy atom. The van der Waals surface area contributed by atoms with Gasteiger partial charge in [-0.05, 0) is 67.8 Å². The number of carbonyl (C=O) groups is 2. The molecule has 2 fully saturated rings. The standard InChI is InChI=1S/C34H38N2O6/c1-23(2)42-29-14-11-27(21-24(29)3)32(37)30-31(36(34(39)33(30)38)16-15-35-17-19-40-20-18-35)26-9-12-28(13-10-26)41-22-25-7-5-4-6-8-25/h4-14,21,23,31,37H,15-20,22H2,1-3H3/b32-30+. The Hall–Kier alpha value is -4.14. The fourth-order valence-electron chi connectivity index (χ4n) is 5.36. The van der Waals surface area contributed by atoms with E-state index in [2.05, 4.69) is 4.90 Å². The van der Waals surface area contributed by atoms with Crippen molar-refractivity contribution < 1.29 is 28.9 Å². The number of aliphatic hydroxyl groups is 1. The number of nitrogens with zero attached hydrogens (tertiary/aromatic N) is 2. The maximum Gasteiger partial charge on any atom is 0.295 e. The molecule has 2 aliphatic heterocycles. The van der Waals surface area contributed by atoms with Crippen molar-refractivity contribution in [2.24, 2.45) is 0 Å². The zero-order valence-corrected chi connectivity index (χ0v) is 24.4. The summed E-state index contributed by atoms with van der Waals surface area (Å²) in [6.45, 7) is 9.98. The van der Waals surface area contributed by atoms with Crippen LogP contribution in [0.1, 0.15) is 42.1 Å². The molecule has 3 aromatic carbocycles. The zero-order valence-electron chi connectivity index (χ0n) is 24.4. The van der Waals surface area contributed by atoms with Crippen molar-refractivity contribution in [3.8, 4) is 11.5 Å². The second kappa shape index (κ2) is 13.2. The first kappa shape index (κ1) is 29.4. The Kier molecular flexibility index (Phi) is 9.25. The molecule has 1 N–H and O–H groups in total. The number of likely N-dealkylation sites (tertiary alicyclic amines) is 1. The van der Waals surface area contributed by atoms with Crippen LogP contribution in [0.3, 0.4) is 0 Å². The van der Waals surface area contributed by atoms with E-state index in [1.807, 2.05) is 75.4 Å². The molecule has 2 aliphatic rings. The van der Waals surface area contributed by atoms with Crippen LogP contribution in [0.2, 0.25) is 0 Å². The molecular formula is C34H38N2O6. The van der Waals surface area contributed by atoms with E-state index in [9.17, 15) is 14.7 Å². The van der Waals surface area contributed by atoms with Gasteiger partial charge in [-0.25, -0.2) is 0 Å². The van der Waals surface area contributed by atoms with Gasteiger partial charge in [0.25, 0.3) is 11.7 Å². The number of hydrogen-bond acceptors (Lipinski definition) is 7. The maximum atomic E-state index is 13.5. The number of hydrogen-bond donors (Lipinski definition) is 1. The van der Waals surface area contributed by atoms with Crippen molar-refractivity contribution in [2.45, 2.75) is 39.5 Å². The number of carbonyl (C=O) groups excluding carboxylic acids is 2. The number of aliphatic hydroxyl groups excluding tert-OH is 1. The Balaban J connectivity index is 1.46. The van der Waals surface area contributed by atoms with E-state index >= 15 is 0 Å². The number of Topliss-reactive ketones (excluding diaryl/α,β-unsaturated/α-hetero) is 1. The molecule has 1 amide bonds. The summed E-state index contributed by atoms with van der Waals surface area (Å²) in [6.07, 6.45) is -0.000387. The lowest BCUT2D eigenvalue weighted by Crippen LogP contribution is -2.42. The molecule has 0 aromatic heterocycles. The van der Waals surface area contributed by atoms with Gasteiger partial charge >= 0.3 is 0 Å². The number of amides is 1. The van der Waals surface area contributed by atoms with Gasteiger partial charge < -0.3 is 24.2 Å². The van der Waals surface area contributed by atoms with Crippen LogP contribution in [-0.4, -0.2) is 72.1 Å². The maximum absolute atomic E-state index is 13.5. The van der Waals surface area contributed by atoms with Gasteiger partial charge in [-0.3, -0.25) is 14.5 Å². The molecule has 0 bridgehead atoms. The molecule has 1 unspecified atom stereocenters. The van der Waals surface area contributed by atoms with Gasteiger partial charge in [0.1, 0.15) is 23.9 Å². The van der Waals surface area contributed by atoms with Crippen molar-refractivity contribution in [2.75, 3.05) is 39.4 Å². The highest BCUT2D eigenvalue weighted by Crippen LogP contribution is 2.40. The molecule has 3 aromatic rings. The van der Waals surface area contributed by atoms with Crippen molar-refractivity contribution in [3.05, 3.63) is 101 Å². The predicted molar refractivity (Wildman–Crippen MR) is 160 cm³/mol. The van der Waals surface area contributed by atoms with Crippen molar-refractivity contribution in [3.63, 3.8) is 0 Å². The third kappa shape index (κ3) is 6.66. The number of aryl methyl sites for hydroxylation is 1. The monoisotopic (exact) mass is 570 g/mol. The molecule has 8 nitrogen and oxygen atoms in total. The zero-order chi connectivity index (χ0) is 29.6. The molecule has 5 rings (SSSR count). The third-order valence-electron chi connectivity index (χ3n) is 7.56. The SMILES string of the molecule is Cc1cc(/C(O)=C2\C(=O)C(=O)N(CCN3CCOCC3)C2c2ccc(OCc3ccccc3)cc2)ccc1OC(C)C. The van der Waals surface area contributed by atoms with Gasteiger partial charge in [0.15, 0.2) is 0 Å². The fourth-order valence-corrected chi connectivity index (χ4v) is 5.36. The molecule has 0 saturated carbocycles. The number of rotatable bonds is 10. The Bertz CT molecular complexity index is 1430. The summed E-state index contributed by atoms with van der Waals surface area (Å²) in [6, 6.07) is 21.8. The van der Waals surface area contributed by atoms with Crippen LogP contribution in [0.15, 0.2) is 78.4 Å². The minimum absolute atomic E-state index is 0.000387. The highest BCUT2D eigenvalue weighted by atomic mass is 16.5. The topological polar surface area (TPSA) is 88.5 Å². The molecule has 0 aliphatic carbocycles. The highest BCUT2D eigenvalue weighted by Gasteiger charge is 2.46.